The van der Waals surface area contributed by atoms with Crippen LogP contribution >= 0.6 is 48.0 Å². The lowest BCUT2D eigenvalue weighted by Gasteiger charge is -2.31. The first kappa shape index (κ1) is 28.0. The summed E-state index contributed by atoms with van der Waals surface area (Å²) in [5.74, 6) is 0.545. The number of halogens is 4. The maximum atomic E-state index is 10.4. The number of morpholine rings is 1. The Hall–Kier alpha value is 0.0200. The summed E-state index contributed by atoms with van der Waals surface area (Å²) in [7, 11) is 0. The molecule has 1 unspecified atom stereocenters. The lowest BCUT2D eigenvalue weighted by Crippen LogP contribution is -2.44. The summed E-state index contributed by atoms with van der Waals surface area (Å²) in [6.45, 7) is 9.52. The van der Waals surface area contributed by atoms with E-state index in [4.69, 9.17) is 32.7 Å². The number of rotatable bonds is 11. The Morgan fingerprint density at radius 3 is 2.57 bits per heavy atom. The SMILES string of the molecule is CCCCN(CCN1CCOCC1)CC(O)COc1ccc(Cl)cc1Cl.Cl.Cl. The summed E-state index contributed by atoms with van der Waals surface area (Å²) >= 11 is 12.0. The lowest BCUT2D eigenvalue weighted by molar-refractivity contribution is 0.0265. The van der Waals surface area contributed by atoms with Crippen LogP contribution in [0.4, 0.5) is 0 Å². The molecular weight excluding hydrogens is 446 g/mol. The molecule has 0 aromatic heterocycles. The van der Waals surface area contributed by atoms with Crippen LogP contribution in [0.15, 0.2) is 18.2 Å². The van der Waals surface area contributed by atoms with Crippen molar-refractivity contribution in [1.29, 1.82) is 0 Å². The summed E-state index contributed by atoms with van der Waals surface area (Å²) in [4.78, 5) is 4.73. The van der Waals surface area contributed by atoms with Crippen LogP contribution in [-0.4, -0.2) is 80.1 Å². The van der Waals surface area contributed by atoms with Crippen LogP contribution in [0.3, 0.4) is 0 Å². The number of benzene rings is 1. The molecule has 1 saturated heterocycles. The van der Waals surface area contributed by atoms with Crippen LogP contribution < -0.4 is 4.74 Å². The van der Waals surface area contributed by atoms with Gasteiger partial charge in [0.1, 0.15) is 18.5 Å². The number of nitrogens with zero attached hydrogens (tertiary/aromatic N) is 2. The zero-order valence-corrected chi connectivity index (χ0v) is 19.5. The number of hydrogen-bond donors (Lipinski definition) is 1. The van der Waals surface area contributed by atoms with Gasteiger partial charge in [-0.05, 0) is 31.2 Å². The van der Waals surface area contributed by atoms with Gasteiger partial charge in [-0.3, -0.25) is 9.80 Å². The van der Waals surface area contributed by atoms with Gasteiger partial charge in [0, 0.05) is 37.7 Å². The Labute approximate surface area is 191 Å². The van der Waals surface area contributed by atoms with Crippen molar-refractivity contribution in [1.82, 2.24) is 9.80 Å². The molecular formula is C19H32Cl4N2O3. The average Bonchev–Trinajstić information content (AvgIpc) is 2.64. The highest BCUT2D eigenvalue weighted by molar-refractivity contribution is 6.35. The molecule has 0 aliphatic carbocycles. The second kappa shape index (κ2) is 15.8. The first-order valence-corrected chi connectivity index (χ1v) is 10.1. The van der Waals surface area contributed by atoms with Gasteiger partial charge in [0.05, 0.1) is 18.2 Å². The minimum absolute atomic E-state index is 0. The van der Waals surface area contributed by atoms with E-state index < -0.39 is 6.10 Å². The molecule has 0 amide bonds. The summed E-state index contributed by atoms with van der Waals surface area (Å²) < 4.78 is 11.1. The minimum atomic E-state index is -0.566. The van der Waals surface area contributed by atoms with Gasteiger partial charge in [-0.2, -0.15) is 0 Å². The highest BCUT2D eigenvalue weighted by atomic mass is 35.5. The molecule has 0 radical (unpaired) electrons. The molecule has 1 atom stereocenters. The number of ether oxygens (including phenoxy) is 2. The molecule has 2 rings (SSSR count). The van der Waals surface area contributed by atoms with Gasteiger partial charge in [-0.15, -0.1) is 24.8 Å². The fourth-order valence-electron chi connectivity index (χ4n) is 2.91. The summed E-state index contributed by atoms with van der Waals surface area (Å²) in [5, 5.41) is 11.4. The van der Waals surface area contributed by atoms with Crippen molar-refractivity contribution >= 4 is 48.0 Å². The highest BCUT2D eigenvalue weighted by Crippen LogP contribution is 2.27. The van der Waals surface area contributed by atoms with Gasteiger partial charge >= 0.3 is 0 Å². The van der Waals surface area contributed by atoms with Crippen molar-refractivity contribution < 1.29 is 14.6 Å². The number of hydrogen-bond acceptors (Lipinski definition) is 5. The van der Waals surface area contributed by atoms with E-state index in [2.05, 4.69) is 16.7 Å². The molecule has 164 valence electrons. The van der Waals surface area contributed by atoms with Gasteiger partial charge in [0.15, 0.2) is 0 Å². The molecule has 9 heteroatoms. The number of aliphatic hydroxyl groups is 1. The van der Waals surface area contributed by atoms with Gasteiger partial charge < -0.3 is 14.6 Å². The molecule has 0 bridgehead atoms. The van der Waals surface area contributed by atoms with Crippen LogP contribution in [0, 0.1) is 0 Å². The normalized spacial score (nSPS) is 15.6. The van der Waals surface area contributed by atoms with Crippen molar-refractivity contribution in [2.75, 3.05) is 59.1 Å². The smallest absolute Gasteiger partial charge is 0.138 e. The Morgan fingerprint density at radius 1 is 1.21 bits per heavy atom. The van der Waals surface area contributed by atoms with Crippen LogP contribution in [0.5, 0.6) is 5.75 Å². The molecule has 1 aromatic rings. The predicted octanol–water partition coefficient (Wildman–Crippen LogP) is 4.01. The van der Waals surface area contributed by atoms with Crippen LogP contribution in [0.1, 0.15) is 19.8 Å². The molecule has 28 heavy (non-hydrogen) atoms. The van der Waals surface area contributed by atoms with Crippen molar-refractivity contribution in [3.63, 3.8) is 0 Å². The molecule has 1 fully saturated rings. The highest BCUT2D eigenvalue weighted by Gasteiger charge is 2.16. The van der Waals surface area contributed by atoms with E-state index in [9.17, 15) is 5.11 Å². The predicted molar refractivity (Wildman–Crippen MR) is 121 cm³/mol. The second-order valence-electron chi connectivity index (χ2n) is 6.65. The molecule has 1 aromatic carbocycles. The Balaban J connectivity index is 0.00000364. The molecule has 0 spiro atoms. The van der Waals surface area contributed by atoms with E-state index in [-0.39, 0.29) is 31.4 Å². The van der Waals surface area contributed by atoms with Crippen LogP contribution in [0.2, 0.25) is 10.0 Å². The van der Waals surface area contributed by atoms with E-state index in [1.54, 1.807) is 18.2 Å². The molecule has 1 N–H and O–H groups in total. The van der Waals surface area contributed by atoms with Crippen molar-refractivity contribution in [3.8, 4) is 5.75 Å². The summed E-state index contributed by atoms with van der Waals surface area (Å²) in [6.07, 6.45) is 1.70. The van der Waals surface area contributed by atoms with Crippen LogP contribution in [-0.2, 0) is 4.74 Å². The van der Waals surface area contributed by atoms with E-state index in [1.807, 2.05) is 0 Å². The van der Waals surface area contributed by atoms with Crippen molar-refractivity contribution in [2.45, 2.75) is 25.9 Å². The van der Waals surface area contributed by atoms with Crippen molar-refractivity contribution in [2.24, 2.45) is 0 Å². The maximum absolute atomic E-state index is 10.4. The largest absolute Gasteiger partial charge is 0.489 e. The zero-order chi connectivity index (χ0) is 18.8. The van der Waals surface area contributed by atoms with Gasteiger partial charge in [-0.25, -0.2) is 0 Å². The molecule has 1 aliphatic heterocycles. The first-order chi connectivity index (χ1) is 12.6. The standard InChI is InChI=1S/C19H30Cl2N2O3.2ClH/c1-2-3-6-23(8-7-22-9-11-25-12-10-22)14-17(24)15-26-19-5-4-16(20)13-18(19)21;;/h4-5,13,17,24H,2-3,6-12,14-15H2,1H3;2*1H. The van der Waals surface area contributed by atoms with Gasteiger partial charge in [-0.1, -0.05) is 36.5 Å². The lowest BCUT2D eigenvalue weighted by atomic mass is 10.2. The molecule has 1 aliphatic rings. The first-order valence-electron chi connectivity index (χ1n) is 9.37. The van der Waals surface area contributed by atoms with E-state index in [0.717, 1.165) is 58.8 Å². The third-order valence-corrected chi connectivity index (χ3v) is 4.99. The fraction of sp³-hybridized carbons (Fsp3) is 0.684. The van der Waals surface area contributed by atoms with Gasteiger partial charge in [0.2, 0.25) is 0 Å². The molecule has 1 heterocycles. The zero-order valence-electron chi connectivity index (χ0n) is 16.3. The average molecular weight is 478 g/mol. The monoisotopic (exact) mass is 476 g/mol. The van der Waals surface area contributed by atoms with E-state index >= 15 is 0 Å². The minimum Gasteiger partial charge on any atom is -0.489 e. The Kier molecular flexibility index (Phi) is 15.8. The second-order valence-corrected chi connectivity index (χ2v) is 7.49. The third kappa shape index (κ3) is 10.7. The number of unbranched alkanes of at least 4 members (excludes halogenated alkanes) is 1. The molecule has 0 saturated carbocycles. The van der Waals surface area contributed by atoms with E-state index in [1.165, 1.54) is 0 Å². The summed E-state index contributed by atoms with van der Waals surface area (Å²) in [6, 6.07) is 5.09. The van der Waals surface area contributed by atoms with Crippen LogP contribution in [0.25, 0.3) is 0 Å². The Bertz CT molecular complexity index is 534. The molecule has 5 nitrogen and oxygen atoms in total. The van der Waals surface area contributed by atoms with Crippen molar-refractivity contribution in [3.05, 3.63) is 28.2 Å². The maximum Gasteiger partial charge on any atom is 0.138 e. The quantitative estimate of drug-likeness (QED) is 0.521. The van der Waals surface area contributed by atoms with Gasteiger partial charge in [0.25, 0.3) is 0 Å². The number of aliphatic hydroxyl groups excluding tert-OH is 1. The van der Waals surface area contributed by atoms with E-state index in [0.29, 0.717) is 22.3 Å². The summed E-state index contributed by atoms with van der Waals surface area (Å²) in [5.41, 5.74) is 0. The topological polar surface area (TPSA) is 45.2 Å². The fourth-order valence-corrected chi connectivity index (χ4v) is 3.38. The third-order valence-electron chi connectivity index (χ3n) is 4.46. The Morgan fingerprint density at radius 2 is 1.93 bits per heavy atom.